The number of carbonyl (C=O) groups is 2. The first-order valence-electron chi connectivity index (χ1n) is 9.65. The van der Waals surface area contributed by atoms with Gasteiger partial charge in [0.1, 0.15) is 12.2 Å². The minimum absolute atomic E-state index is 0.0887. The summed E-state index contributed by atoms with van der Waals surface area (Å²) in [6, 6.07) is 5.30. The van der Waals surface area contributed by atoms with Crippen molar-refractivity contribution in [2.45, 2.75) is 56.0 Å². The maximum atomic E-state index is 13.1. The third-order valence-electron chi connectivity index (χ3n) is 5.35. The third kappa shape index (κ3) is 5.60. The Bertz CT molecular complexity index is 784. The lowest BCUT2D eigenvalue weighted by Gasteiger charge is -2.39. The topological polar surface area (TPSA) is 89.0 Å². The Kier molecular flexibility index (Phi) is 6.68. The smallest absolute Gasteiger partial charge is 0.475 e. The summed E-state index contributed by atoms with van der Waals surface area (Å²) in [6.07, 6.45) is -2.97. The monoisotopic (exact) mass is 452 g/mol. The summed E-state index contributed by atoms with van der Waals surface area (Å²) < 4.78 is 69.7. The molecule has 1 aromatic rings. The van der Waals surface area contributed by atoms with Crippen LogP contribution in [-0.4, -0.2) is 70.4 Å². The Hall–Kier alpha value is -2.50. The van der Waals surface area contributed by atoms with Gasteiger partial charge in [-0.2, -0.15) is 13.2 Å². The first kappa shape index (κ1) is 23.2. The van der Waals surface area contributed by atoms with E-state index in [0.717, 1.165) is 12.8 Å². The van der Waals surface area contributed by atoms with Crippen molar-refractivity contribution in [2.75, 3.05) is 13.2 Å². The average molecular weight is 452 g/mol. The molecule has 3 aliphatic rings. The van der Waals surface area contributed by atoms with E-state index in [1.165, 1.54) is 0 Å². The number of nitrogens with zero attached hydrogens (tertiary/aromatic N) is 2. The lowest BCUT2D eigenvalue weighted by atomic mass is 9.80. The number of aromatic nitrogens is 1. The van der Waals surface area contributed by atoms with E-state index in [4.69, 9.17) is 19.4 Å². The van der Waals surface area contributed by atoms with Crippen molar-refractivity contribution in [1.29, 1.82) is 0 Å². The molecule has 3 atom stereocenters. The van der Waals surface area contributed by atoms with E-state index in [0.29, 0.717) is 19.0 Å². The molecular weight excluding hydrogens is 431 g/mol. The number of ether oxygens (including phenoxy) is 2. The summed E-state index contributed by atoms with van der Waals surface area (Å²) in [5, 5.41) is 7.12. The number of fused-ring (bicyclic) bond motifs is 1. The predicted molar refractivity (Wildman–Crippen MR) is 94.5 cm³/mol. The zero-order valence-electron chi connectivity index (χ0n) is 16.2. The Morgan fingerprint density at radius 1 is 1.26 bits per heavy atom. The highest BCUT2D eigenvalue weighted by atomic mass is 19.4. The van der Waals surface area contributed by atoms with Crippen LogP contribution in [0.4, 0.5) is 22.0 Å². The fraction of sp³-hybridized carbons (Fsp3) is 0.632. The molecule has 31 heavy (non-hydrogen) atoms. The number of hydrogen-bond acceptors (Lipinski definition) is 5. The van der Waals surface area contributed by atoms with Gasteiger partial charge in [0.25, 0.3) is 0 Å². The number of hydrogen-bond donors (Lipinski definition) is 1. The van der Waals surface area contributed by atoms with Crippen LogP contribution in [0.15, 0.2) is 24.4 Å². The van der Waals surface area contributed by atoms with Gasteiger partial charge < -0.3 is 19.5 Å². The summed E-state index contributed by atoms with van der Waals surface area (Å²) in [5.41, 5.74) is 0. The lowest BCUT2D eigenvalue weighted by Crippen LogP contribution is -2.50. The molecule has 2 saturated heterocycles. The first-order chi connectivity index (χ1) is 14.5. The highest BCUT2D eigenvalue weighted by Gasteiger charge is 2.54. The maximum Gasteiger partial charge on any atom is 0.490 e. The average Bonchev–Trinajstić information content (AvgIpc) is 3.05. The van der Waals surface area contributed by atoms with Crippen LogP contribution in [-0.2, 0) is 14.3 Å². The van der Waals surface area contributed by atoms with E-state index >= 15 is 0 Å². The Morgan fingerprint density at radius 2 is 1.94 bits per heavy atom. The molecule has 1 saturated carbocycles. The van der Waals surface area contributed by atoms with E-state index in [2.05, 4.69) is 4.98 Å². The summed E-state index contributed by atoms with van der Waals surface area (Å²) in [7, 11) is 0. The van der Waals surface area contributed by atoms with Crippen molar-refractivity contribution in [3.63, 3.8) is 0 Å². The van der Waals surface area contributed by atoms with E-state index in [9.17, 15) is 26.7 Å². The summed E-state index contributed by atoms with van der Waals surface area (Å²) in [4.78, 5) is 27.4. The highest BCUT2D eigenvalue weighted by Crippen LogP contribution is 2.44. The summed E-state index contributed by atoms with van der Waals surface area (Å²) in [6.45, 7) is 1.000. The van der Waals surface area contributed by atoms with Gasteiger partial charge >= 0.3 is 12.1 Å². The Morgan fingerprint density at radius 3 is 2.48 bits per heavy atom. The van der Waals surface area contributed by atoms with Crippen molar-refractivity contribution in [3.05, 3.63) is 24.4 Å². The molecule has 0 unspecified atom stereocenters. The van der Waals surface area contributed by atoms with Crippen molar-refractivity contribution in [1.82, 2.24) is 9.88 Å². The van der Waals surface area contributed by atoms with Gasteiger partial charge in [0.05, 0.1) is 12.6 Å². The van der Waals surface area contributed by atoms with Gasteiger partial charge in [0.2, 0.25) is 17.7 Å². The van der Waals surface area contributed by atoms with Gasteiger partial charge in [-0.3, -0.25) is 4.79 Å². The minimum atomic E-state index is -5.08. The Labute approximate surface area is 174 Å². The normalized spacial score (nSPS) is 27.4. The van der Waals surface area contributed by atoms with Crippen molar-refractivity contribution >= 4 is 11.9 Å². The molecule has 1 N–H and O–H groups in total. The standard InChI is InChI=1S/C17H20F2N2O3.C2HF3O2/c18-17(19)8-11(9-17)16(22)21-10-13(15-12(21)4-3-7-23-15)24-14-5-1-2-6-20-14;3-2(4,5)1(6)7/h1-2,5-6,11-13,15H,3-4,7-10H2;(H,6,7)/t12-,13+,15+;/m1./s1. The fourth-order valence-corrected chi connectivity index (χ4v) is 3.91. The molecule has 1 aliphatic carbocycles. The number of aliphatic carboxylic acids is 1. The van der Waals surface area contributed by atoms with E-state index < -0.39 is 24.0 Å². The molecule has 4 rings (SSSR count). The largest absolute Gasteiger partial charge is 0.490 e. The molecule has 0 spiro atoms. The van der Waals surface area contributed by atoms with Gasteiger partial charge in [-0.1, -0.05) is 6.07 Å². The van der Waals surface area contributed by atoms with Crippen LogP contribution in [0.1, 0.15) is 25.7 Å². The number of alkyl halides is 5. The van der Waals surface area contributed by atoms with Crippen LogP contribution in [0, 0.1) is 5.92 Å². The maximum absolute atomic E-state index is 13.1. The molecule has 7 nitrogen and oxygen atoms in total. The van der Waals surface area contributed by atoms with Crippen LogP contribution in [0.25, 0.3) is 0 Å². The van der Waals surface area contributed by atoms with Crippen LogP contribution in [0.5, 0.6) is 5.88 Å². The second-order valence-electron chi connectivity index (χ2n) is 7.62. The van der Waals surface area contributed by atoms with Gasteiger partial charge in [-0.05, 0) is 18.9 Å². The van der Waals surface area contributed by atoms with Crippen molar-refractivity contribution in [3.8, 4) is 5.88 Å². The summed E-state index contributed by atoms with van der Waals surface area (Å²) >= 11 is 0. The highest BCUT2D eigenvalue weighted by molar-refractivity contribution is 5.81. The molecule has 0 bridgehead atoms. The second-order valence-corrected chi connectivity index (χ2v) is 7.62. The van der Waals surface area contributed by atoms with E-state index in [1.54, 1.807) is 23.2 Å². The second kappa shape index (κ2) is 8.93. The van der Waals surface area contributed by atoms with Gasteiger partial charge in [0.15, 0.2) is 0 Å². The number of carboxylic acid groups (broad SMARTS) is 1. The molecule has 1 amide bonds. The third-order valence-corrected chi connectivity index (χ3v) is 5.35. The SMILES string of the molecule is O=C(C1CC(F)(F)C1)N1C[C@H](Oc2ccccn2)[C@H]2OCCC[C@H]21.O=C(O)C(F)(F)F. The molecule has 12 heteroatoms. The fourth-order valence-electron chi connectivity index (χ4n) is 3.91. The first-order valence-corrected chi connectivity index (χ1v) is 9.65. The molecule has 0 aromatic carbocycles. The lowest BCUT2D eigenvalue weighted by molar-refractivity contribution is -0.192. The number of halogens is 5. The Balaban J connectivity index is 0.000000339. The molecule has 1 aromatic heterocycles. The van der Waals surface area contributed by atoms with Crippen molar-refractivity contribution in [2.24, 2.45) is 5.92 Å². The minimum Gasteiger partial charge on any atom is -0.475 e. The van der Waals surface area contributed by atoms with Crippen LogP contribution in [0.2, 0.25) is 0 Å². The summed E-state index contributed by atoms with van der Waals surface area (Å²) in [5.74, 6) is -5.72. The van der Waals surface area contributed by atoms with Crippen LogP contribution < -0.4 is 4.74 Å². The predicted octanol–water partition coefficient (Wildman–Crippen LogP) is 2.90. The number of rotatable bonds is 3. The number of carbonyl (C=O) groups excluding carboxylic acids is 1. The molecular formula is C19H21F5N2O5. The number of carboxylic acids is 1. The quantitative estimate of drug-likeness (QED) is 0.710. The number of amides is 1. The number of pyridine rings is 1. The molecule has 2 aliphatic heterocycles. The van der Waals surface area contributed by atoms with Gasteiger partial charge in [-0.15, -0.1) is 0 Å². The molecule has 3 heterocycles. The molecule has 3 fully saturated rings. The molecule has 172 valence electrons. The number of likely N-dealkylation sites (tertiary alicyclic amines) is 1. The molecule has 0 radical (unpaired) electrons. The van der Waals surface area contributed by atoms with Gasteiger partial charge in [0, 0.05) is 37.6 Å². The van der Waals surface area contributed by atoms with Crippen molar-refractivity contribution < 1.29 is 46.1 Å². The van der Waals surface area contributed by atoms with E-state index in [1.807, 2.05) is 6.07 Å². The van der Waals surface area contributed by atoms with Gasteiger partial charge in [-0.25, -0.2) is 18.6 Å². The van der Waals surface area contributed by atoms with E-state index in [-0.39, 0.29) is 37.0 Å². The zero-order chi connectivity index (χ0) is 22.8. The van der Waals surface area contributed by atoms with Crippen LogP contribution in [0.3, 0.4) is 0 Å². The zero-order valence-corrected chi connectivity index (χ0v) is 16.2. The van der Waals surface area contributed by atoms with Crippen LogP contribution >= 0.6 is 0 Å².